The van der Waals surface area contributed by atoms with Gasteiger partial charge in [0.2, 0.25) is 0 Å². The Morgan fingerprint density at radius 3 is 2.57 bits per heavy atom. The highest BCUT2D eigenvalue weighted by Gasteiger charge is 2.13. The van der Waals surface area contributed by atoms with Crippen molar-refractivity contribution in [1.82, 2.24) is 9.38 Å². The van der Waals surface area contributed by atoms with Crippen LogP contribution >= 0.6 is 11.3 Å². The predicted octanol–water partition coefficient (Wildman–Crippen LogP) is 2.31. The van der Waals surface area contributed by atoms with Gasteiger partial charge >= 0.3 is 11.9 Å². The number of thiazole rings is 1. The Morgan fingerprint density at radius 2 is 1.82 bits per heavy atom. The number of rotatable bonds is 3. The molecule has 0 N–H and O–H groups in total. The first-order valence-electron chi connectivity index (χ1n) is 8.35. The SMILES string of the molecule is CC(=O)Oc1ccc(C=c2sc3nc4ccccc4n3c2=O)c(OC(C)=O)c1. The molecule has 0 spiro atoms. The lowest BCUT2D eigenvalue weighted by Gasteiger charge is -2.08. The lowest BCUT2D eigenvalue weighted by molar-refractivity contribution is -0.132. The van der Waals surface area contributed by atoms with Crippen molar-refractivity contribution in [3.8, 4) is 11.5 Å². The number of hydrogen-bond acceptors (Lipinski definition) is 7. The minimum absolute atomic E-state index is 0.196. The van der Waals surface area contributed by atoms with E-state index in [-0.39, 0.29) is 17.1 Å². The van der Waals surface area contributed by atoms with Gasteiger partial charge in [-0.25, -0.2) is 9.38 Å². The molecule has 0 unspecified atom stereocenters. The largest absolute Gasteiger partial charge is 0.427 e. The maximum atomic E-state index is 12.9. The molecule has 8 heteroatoms. The first-order chi connectivity index (χ1) is 13.4. The number of nitrogens with zero attached hydrogens (tertiary/aromatic N) is 2. The summed E-state index contributed by atoms with van der Waals surface area (Å²) in [5.41, 5.74) is 1.80. The quantitative estimate of drug-likeness (QED) is 0.391. The Bertz CT molecular complexity index is 1350. The molecule has 0 fully saturated rings. The summed E-state index contributed by atoms with van der Waals surface area (Å²) in [6, 6.07) is 12.0. The number of carbonyl (C=O) groups excluding carboxylic acids is 2. The van der Waals surface area contributed by atoms with E-state index < -0.39 is 11.9 Å². The molecular weight excluding hydrogens is 380 g/mol. The van der Waals surface area contributed by atoms with Crippen LogP contribution in [0.5, 0.6) is 11.5 Å². The van der Waals surface area contributed by atoms with Gasteiger partial charge in [-0.05, 0) is 30.3 Å². The van der Waals surface area contributed by atoms with E-state index in [0.29, 0.717) is 15.1 Å². The average Bonchev–Trinajstić information content (AvgIpc) is 3.13. The molecule has 0 aliphatic heterocycles. The summed E-state index contributed by atoms with van der Waals surface area (Å²) in [6.45, 7) is 2.55. The smallest absolute Gasteiger partial charge is 0.308 e. The zero-order valence-corrected chi connectivity index (χ0v) is 15.8. The van der Waals surface area contributed by atoms with Crippen molar-refractivity contribution < 1.29 is 19.1 Å². The molecule has 0 amide bonds. The van der Waals surface area contributed by atoms with Gasteiger partial charge in [0, 0.05) is 25.5 Å². The highest BCUT2D eigenvalue weighted by Crippen LogP contribution is 2.26. The molecule has 0 aliphatic carbocycles. The number of benzene rings is 2. The Hall–Kier alpha value is -3.52. The summed E-state index contributed by atoms with van der Waals surface area (Å²) in [5.74, 6) is -0.570. The maximum Gasteiger partial charge on any atom is 0.308 e. The Balaban J connectivity index is 1.88. The number of aromatic nitrogens is 2. The highest BCUT2D eigenvalue weighted by molar-refractivity contribution is 7.15. The predicted molar refractivity (Wildman–Crippen MR) is 105 cm³/mol. The summed E-state index contributed by atoms with van der Waals surface area (Å²) in [4.78, 5) is 40.5. The molecule has 0 saturated heterocycles. The van der Waals surface area contributed by atoms with Gasteiger partial charge in [-0.1, -0.05) is 23.5 Å². The third kappa shape index (κ3) is 3.25. The number of carbonyl (C=O) groups is 2. The summed E-state index contributed by atoms with van der Waals surface area (Å²) in [6.07, 6.45) is 1.63. The first kappa shape index (κ1) is 17.9. The van der Waals surface area contributed by atoms with Crippen LogP contribution in [0.1, 0.15) is 19.4 Å². The van der Waals surface area contributed by atoms with E-state index in [4.69, 9.17) is 9.47 Å². The number of fused-ring (bicyclic) bond motifs is 3. The van der Waals surface area contributed by atoms with Crippen LogP contribution < -0.4 is 19.6 Å². The van der Waals surface area contributed by atoms with Crippen LogP contribution in [0.15, 0.2) is 47.3 Å². The summed E-state index contributed by atoms with van der Waals surface area (Å²) >= 11 is 1.24. The van der Waals surface area contributed by atoms with Crippen molar-refractivity contribution in [2.75, 3.05) is 0 Å². The summed E-state index contributed by atoms with van der Waals surface area (Å²) in [5, 5.41) is 0. The zero-order valence-electron chi connectivity index (χ0n) is 15.0. The second kappa shape index (κ2) is 6.90. The van der Waals surface area contributed by atoms with Gasteiger partial charge in [0.15, 0.2) is 4.96 Å². The molecule has 2 heterocycles. The van der Waals surface area contributed by atoms with Gasteiger partial charge in [-0.15, -0.1) is 0 Å². The van der Waals surface area contributed by atoms with E-state index in [1.807, 2.05) is 24.3 Å². The molecular formula is C20H14N2O5S. The van der Waals surface area contributed by atoms with E-state index >= 15 is 0 Å². The molecule has 4 aromatic rings. The molecule has 0 saturated carbocycles. The maximum absolute atomic E-state index is 12.9. The van der Waals surface area contributed by atoms with Crippen LogP contribution in [0.2, 0.25) is 0 Å². The molecule has 0 radical (unpaired) electrons. The molecule has 0 bridgehead atoms. The normalized spacial score (nSPS) is 11.9. The van der Waals surface area contributed by atoms with Crippen molar-refractivity contribution in [2.45, 2.75) is 13.8 Å². The van der Waals surface area contributed by atoms with Crippen LogP contribution in [-0.4, -0.2) is 21.3 Å². The van der Waals surface area contributed by atoms with Crippen LogP contribution in [-0.2, 0) is 9.59 Å². The Kier molecular flexibility index (Phi) is 4.40. The molecule has 0 aliphatic rings. The van der Waals surface area contributed by atoms with E-state index in [1.165, 1.54) is 31.3 Å². The summed E-state index contributed by atoms with van der Waals surface area (Å²) < 4.78 is 12.3. The van der Waals surface area contributed by atoms with Crippen LogP contribution in [0.4, 0.5) is 0 Å². The first-order valence-corrected chi connectivity index (χ1v) is 9.16. The standard InChI is InChI=1S/C20H14N2O5S/c1-11(23)26-14-8-7-13(17(10-14)27-12(2)24)9-18-19(25)22-16-6-4-3-5-15(16)21-20(22)28-18/h3-10H,1-2H3. The number of ether oxygens (including phenoxy) is 2. The third-order valence-electron chi connectivity index (χ3n) is 3.93. The van der Waals surface area contributed by atoms with Crippen molar-refractivity contribution in [1.29, 1.82) is 0 Å². The molecule has 0 atom stereocenters. The van der Waals surface area contributed by atoms with Gasteiger partial charge in [-0.2, -0.15) is 0 Å². The fraction of sp³-hybridized carbons (Fsp3) is 0.100. The highest BCUT2D eigenvalue weighted by atomic mass is 32.1. The van der Waals surface area contributed by atoms with E-state index in [2.05, 4.69) is 4.98 Å². The van der Waals surface area contributed by atoms with Gasteiger partial charge in [-0.3, -0.25) is 14.4 Å². The monoisotopic (exact) mass is 394 g/mol. The molecule has 28 heavy (non-hydrogen) atoms. The molecule has 140 valence electrons. The summed E-state index contributed by atoms with van der Waals surface area (Å²) in [7, 11) is 0. The van der Waals surface area contributed by atoms with Gasteiger partial charge < -0.3 is 9.47 Å². The fourth-order valence-electron chi connectivity index (χ4n) is 2.86. The van der Waals surface area contributed by atoms with Crippen molar-refractivity contribution in [3.63, 3.8) is 0 Å². The number of imidazole rings is 1. The number of para-hydroxylation sites is 2. The lowest BCUT2D eigenvalue weighted by atomic mass is 10.2. The zero-order chi connectivity index (χ0) is 19.8. The average molecular weight is 394 g/mol. The van der Waals surface area contributed by atoms with Crippen LogP contribution in [0.3, 0.4) is 0 Å². The van der Waals surface area contributed by atoms with Crippen molar-refractivity contribution in [2.24, 2.45) is 0 Å². The topological polar surface area (TPSA) is 87.0 Å². The van der Waals surface area contributed by atoms with Gasteiger partial charge in [0.1, 0.15) is 11.5 Å². The molecule has 4 rings (SSSR count). The van der Waals surface area contributed by atoms with Crippen LogP contribution in [0, 0.1) is 0 Å². The van der Waals surface area contributed by atoms with Crippen molar-refractivity contribution in [3.05, 3.63) is 62.9 Å². The Morgan fingerprint density at radius 1 is 1.07 bits per heavy atom. The Labute approximate surface area is 162 Å². The second-order valence-electron chi connectivity index (χ2n) is 6.02. The molecule has 2 aromatic heterocycles. The van der Waals surface area contributed by atoms with E-state index in [9.17, 15) is 14.4 Å². The minimum atomic E-state index is -0.524. The van der Waals surface area contributed by atoms with E-state index in [0.717, 1.165) is 11.0 Å². The lowest BCUT2D eigenvalue weighted by Crippen LogP contribution is -2.22. The van der Waals surface area contributed by atoms with Crippen molar-refractivity contribution >= 4 is 45.3 Å². The number of hydrogen-bond donors (Lipinski definition) is 0. The minimum Gasteiger partial charge on any atom is -0.427 e. The number of esters is 2. The third-order valence-corrected chi connectivity index (χ3v) is 4.90. The fourth-order valence-corrected chi connectivity index (χ4v) is 3.84. The van der Waals surface area contributed by atoms with Crippen LogP contribution in [0.25, 0.3) is 22.1 Å². The molecule has 2 aromatic carbocycles. The molecule has 7 nitrogen and oxygen atoms in total. The van der Waals surface area contributed by atoms with E-state index in [1.54, 1.807) is 22.6 Å². The van der Waals surface area contributed by atoms with Gasteiger partial charge in [0.25, 0.3) is 5.56 Å². The van der Waals surface area contributed by atoms with Gasteiger partial charge in [0.05, 0.1) is 15.6 Å². The second-order valence-corrected chi connectivity index (χ2v) is 7.03.